The third kappa shape index (κ3) is 9.42. The molecule has 0 bridgehead atoms. The number of carbonyl (C=O) groups is 2. The zero-order valence-corrected chi connectivity index (χ0v) is 24.3. The minimum absolute atomic E-state index is 0.0324. The van der Waals surface area contributed by atoms with Crippen LogP contribution in [0.4, 0.5) is 18.9 Å². The van der Waals surface area contributed by atoms with E-state index >= 15 is 0 Å². The summed E-state index contributed by atoms with van der Waals surface area (Å²) in [5.74, 6) is -0.0291. The second-order valence-electron chi connectivity index (χ2n) is 9.60. The summed E-state index contributed by atoms with van der Waals surface area (Å²) in [6.07, 6.45) is -2.76. The summed E-state index contributed by atoms with van der Waals surface area (Å²) in [6.45, 7) is 5.53. The molecule has 222 valence electrons. The van der Waals surface area contributed by atoms with E-state index in [9.17, 15) is 31.2 Å². The number of amides is 2. The van der Waals surface area contributed by atoms with Crippen LogP contribution in [0.15, 0.2) is 48.5 Å². The fourth-order valence-corrected chi connectivity index (χ4v) is 5.09. The second kappa shape index (κ2) is 14.4. The molecule has 0 saturated carbocycles. The predicted molar refractivity (Wildman–Crippen MR) is 148 cm³/mol. The summed E-state index contributed by atoms with van der Waals surface area (Å²) >= 11 is 0. The van der Waals surface area contributed by atoms with Gasteiger partial charge in [0.05, 0.1) is 24.6 Å². The van der Waals surface area contributed by atoms with Crippen molar-refractivity contribution in [1.29, 1.82) is 0 Å². The lowest BCUT2D eigenvalue weighted by molar-refractivity contribution is -0.141. The summed E-state index contributed by atoms with van der Waals surface area (Å²) in [5.41, 5.74) is -0.344. The van der Waals surface area contributed by atoms with Gasteiger partial charge < -0.3 is 15.0 Å². The Kier molecular flexibility index (Phi) is 11.8. The molecule has 0 heterocycles. The van der Waals surface area contributed by atoms with Crippen LogP contribution in [-0.4, -0.2) is 57.1 Å². The molecule has 2 aromatic rings. The van der Waals surface area contributed by atoms with Crippen molar-refractivity contribution >= 4 is 27.5 Å². The molecule has 0 unspecified atom stereocenters. The predicted octanol–water partition coefficient (Wildman–Crippen LogP) is 4.98. The number of benzene rings is 2. The van der Waals surface area contributed by atoms with Gasteiger partial charge in [-0.05, 0) is 62.1 Å². The molecule has 2 aromatic carbocycles. The molecule has 0 saturated heterocycles. The summed E-state index contributed by atoms with van der Waals surface area (Å²) in [7, 11) is -2.40. The first-order valence-electron chi connectivity index (χ1n) is 13.1. The highest BCUT2D eigenvalue weighted by Gasteiger charge is 2.32. The van der Waals surface area contributed by atoms with E-state index in [4.69, 9.17) is 4.74 Å². The highest BCUT2D eigenvalue weighted by molar-refractivity contribution is 7.92. The maximum Gasteiger partial charge on any atom is 0.416 e. The van der Waals surface area contributed by atoms with Crippen molar-refractivity contribution in [2.75, 3.05) is 24.2 Å². The number of anilines is 1. The van der Waals surface area contributed by atoms with E-state index in [0.29, 0.717) is 18.6 Å². The Balaban J connectivity index is 2.27. The number of methoxy groups -OCH3 is 1. The van der Waals surface area contributed by atoms with Gasteiger partial charge in [-0.25, -0.2) is 8.42 Å². The standard InChI is InChI=1S/C28H38F3N3O5S/c1-6-20(3)32-27(36)25(7-2)33(19-21-13-15-24(39-4)16-14-21)26(35)12-9-17-34(40(5,37)38)23-11-8-10-22(18-23)28(29,30)31/h8,10-11,13-16,18,20,25H,6-7,9,12,17,19H2,1-5H3,(H,32,36)/t20-,25-/m1/s1. The summed E-state index contributed by atoms with van der Waals surface area (Å²) < 4.78 is 70.6. The van der Waals surface area contributed by atoms with Crippen LogP contribution < -0.4 is 14.4 Å². The van der Waals surface area contributed by atoms with E-state index in [1.807, 2.05) is 13.8 Å². The van der Waals surface area contributed by atoms with Crippen LogP contribution in [0.25, 0.3) is 0 Å². The summed E-state index contributed by atoms with van der Waals surface area (Å²) in [4.78, 5) is 28.0. The quantitative estimate of drug-likeness (QED) is 0.337. The van der Waals surface area contributed by atoms with Crippen LogP contribution in [0.1, 0.15) is 57.6 Å². The SMILES string of the molecule is CC[C@@H](C)NC(=O)[C@@H](CC)N(Cc1ccc(OC)cc1)C(=O)CCCN(c1cccc(C(F)(F)F)c1)S(C)(=O)=O. The minimum atomic E-state index is -4.64. The van der Waals surface area contributed by atoms with Crippen molar-refractivity contribution < 1.29 is 35.9 Å². The van der Waals surface area contributed by atoms with E-state index in [2.05, 4.69) is 5.32 Å². The molecule has 0 spiro atoms. The van der Waals surface area contributed by atoms with Crippen molar-refractivity contribution in [1.82, 2.24) is 10.2 Å². The number of ether oxygens (including phenoxy) is 1. The first kappa shape index (κ1) is 32.9. The van der Waals surface area contributed by atoms with Gasteiger partial charge in [-0.1, -0.05) is 32.0 Å². The minimum Gasteiger partial charge on any atom is -0.497 e. The van der Waals surface area contributed by atoms with Gasteiger partial charge in [0.25, 0.3) is 0 Å². The Morgan fingerprint density at radius 3 is 2.23 bits per heavy atom. The van der Waals surface area contributed by atoms with E-state index in [1.54, 1.807) is 31.2 Å². The van der Waals surface area contributed by atoms with Crippen LogP contribution >= 0.6 is 0 Å². The number of alkyl halides is 3. The largest absolute Gasteiger partial charge is 0.497 e. The van der Waals surface area contributed by atoms with Crippen molar-refractivity contribution in [2.24, 2.45) is 0 Å². The number of nitrogens with zero attached hydrogens (tertiary/aromatic N) is 2. The van der Waals surface area contributed by atoms with Gasteiger partial charge in [0, 0.05) is 25.6 Å². The zero-order valence-electron chi connectivity index (χ0n) is 23.5. The van der Waals surface area contributed by atoms with Gasteiger partial charge in [0.2, 0.25) is 21.8 Å². The molecular formula is C28H38F3N3O5S. The Bertz CT molecular complexity index is 1240. The Morgan fingerprint density at radius 1 is 1.05 bits per heavy atom. The molecule has 1 N–H and O–H groups in total. The molecule has 0 radical (unpaired) electrons. The maximum absolute atomic E-state index is 13.5. The van der Waals surface area contributed by atoms with Gasteiger partial charge in [-0.3, -0.25) is 13.9 Å². The lowest BCUT2D eigenvalue weighted by Gasteiger charge is -2.32. The van der Waals surface area contributed by atoms with Crippen LogP contribution in [0.2, 0.25) is 0 Å². The molecule has 0 aliphatic heterocycles. The number of hydrogen-bond acceptors (Lipinski definition) is 5. The molecule has 0 aromatic heterocycles. The molecule has 0 aliphatic rings. The number of carbonyl (C=O) groups excluding carboxylic acids is 2. The van der Waals surface area contributed by atoms with Crippen molar-refractivity contribution in [2.45, 2.75) is 71.3 Å². The average Bonchev–Trinajstić information content (AvgIpc) is 2.90. The fourth-order valence-electron chi connectivity index (χ4n) is 4.13. The molecule has 0 aliphatic carbocycles. The third-order valence-corrected chi connectivity index (χ3v) is 7.71. The fraction of sp³-hybridized carbons (Fsp3) is 0.500. The molecule has 2 rings (SSSR count). The van der Waals surface area contributed by atoms with Gasteiger partial charge in [0.15, 0.2) is 0 Å². The zero-order chi connectivity index (χ0) is 30.1. The maximum atomic E-state index is 13.5. The van der Waals surface area contributed by atoms with Crippen LogP contribution in [0.5, 0.6) is 5.75 Å². The average molecular weight is 586 g/mol. The van der Waals surface area contributed by atoms with Crippen molar-refractivity contribution in [3.8, 4) is 5.75 Å². The number of halogens is 3. The summed E-state index contributed by atoms with van der Waals surface area (Å²) in [6, 6.07) is 10.3. The third-order valence-electron chi connectivity index (χ3n) is 6.51. The molecule has 12 heteroatoms. The van der Waals surface area contributed by atoms with Gasteiger partial charge in [0.1, 0.15) is 11.8 Å². The monoisotopic (exact) mass is 585 g/mol. The first-order chi connectivity index (χ1) is 18.7. The lowest BCUT2D eigenvalue weighted by atomic mass is 10.1. The first-order valence-corrected chi connectivity index (χ1v) is 14.9. The van der Waals surface area contributed by atoms with Crippen LogP contribution in [0, 0.1) is 0 Å². The van der Waals surface area contributed by atoms with E-state index in [1.165, 1.54) is 18.1 Å². The second-order valence-corrected chi connectivity index (χ2v) is 11.5. The molecule has 0 fully saturated rings. The normalized spacial score (nSPS) is 13.3. The number of rotatable bonds is 14. The molecule has 8 nitrogen and oxygen atoms in total. The van der Waals surface area contributed by atoms with Gasteiger partial charge >= 0.3 is 6.18 Å². The highest BCUT2D eigenvalue weighted by Crippen LogP contribution is 2.32. The van der Waals surface area contributed by atoms with Gasteiger partial charge in [-0.15, -0.1) is 0 Å². The molecule has 40 heavy (non-hydrogen) atoms. The summed E-state index contributed by atoms with van der Waals surface area (Å²) in [5, 5.41) is 2.92. The highest BCUT2D eigenvalue weighted by atomic mass is 32.2. The van der Waals surface area contributed by atoms with Crippen molar-refractivity contribution in [3.05, 3.63) is 59.7 Å². The number of hydrogen-bond donors (Lipinski definition) is 1. The Hall–Kier alpha value is -3.28. The van der Waals surface area contributed by atoms with E-state index in [-0.39, 0.29) is 49.5 Å². The van der Waals surface area contributed by atoms with E-state index < -0.39 is 27.8 Å². The topological polar surface area (TPSA) is 96.0 Å². The molecular weight excluding hydrogens is 547 g/mol. The number of nitrogens with one attached hydrogen (secondary N) is 1. The Morgan fingerprint density at radius 2 is 1.70 bits per heavy atom. The number of sulfonamides is 1. The van der Waals surface area contributed by atoms with Crippen molar-refractivity contribution in [3.63, 3.8) is 0 Å². The van der Waals surface area contributed by atoms with Gasteiger partial charge in [-0.2, -0.15) is 13.2 Å². The van der Waals surface area contributed by atoms with Crippen LogP contribution in [0.3, 0.4) is 0 Å². The smallest absolute Gasteiger partial charge is 0.416 e. The van der Waals surface area contributed by atoms with E-state index in [0.717, 1.165) is 34.3 Å². The molecule has 2 amide bonds. The Labute approximate surface area is 234 Å². The van der Waals surface area contributed by atoms with Crippen LogP contribution in [-0.2, 0) is 32.3 Å². The molecule has 2 atom stereocenters. The lowest BCUT2D eigenvalue weighted by Crippen LogP contribution is -2.50.